The molecule has 1 spiro atoms. The number of rotatable bonds is 7. The standard InChI is InChI=1S/C29H50N2O/c1-19(2)9-7-11-23-20(3)28(23)16-13-24-21(10-8-14-27(24,28)6)18-29(30-31-29)25-17-22(32)12-15-26(25,4)5/h19-25,32H,7-18H2,1-6H3/t20-,21?,22+,23?,24?,25+,27+,28?/m1/s1. The van der Waals surface area contributed by atoms with Crippen LogP contribution < -0.4 is 0 Å². The molecule has 0 aromatic rings. The fourth-order valence-electron chi connectivity index (χ4n) is 10.1. The van der Waals surface area contributed by atoms with Gasteiger partial charge in [0.25, 0.3) is 0 Å². The quantitative estimate of drug-likeness (QED) is 0.426. The molecule has 0 bridgehead atoms. The Balaban J connectivity index is 1.30. The van der Waals surface area contributed by atoms with Crippen molar-refractivity contribution in [2.24, 2.45) is 62.0 Å². The zero-order valence-corrected chi connectivity index (χ0v) is 21.9. The number of nitrogens with zero attached hydrogens (tertiary/aromatic N) is 2. The Labute approximate surface area is 197 Å². The van der Waals surface area contributed by atoms with Gasteiger partial charge in [0.2, 0.25) is 0 Å². The van der Waals surface area contributed by atoms with Crippen molar-refractivity contribution in [3.63, 3.8) is 0 Å². The van der Waals surface area contributed by atoms with Crippen LogP contribution in [0.1, 0.15) is 119 Å². The minimum absolute atomic E-state index is 0.152. The Morgan fingerprint density at radius 2 is 1.75 bits per heavy atom. The third kappa shape index (κ3) is 3.45. The average Bonchev–Trinajstić information content (AvgIpc) is 3.57. The molecular weight excluding hydrogens is 392 g/mol. The number of hydrogen-bond donors (Lipinski definition) is 1. The third-order valence-electron chi connectivity index (χ3n) is 11.9. The number of aliphatic hydroxyl groups is 1. The smallest absolute Gasteiger partial charge is 0.194 e. The molecule has 4 unspecified atom stereocenters. The van der Waals surface area contributed by atoms with Crippen LogP contribution in [-0.2, 0) is 0 Å². The molecular formula is C29H50N2O. The van der Waals surface area contributed by atoms with E-state index in [0.29, 0.717) is 16.7 Å². The molecule has 182 valence electrons. The summed E-state index contributed by atoms with van der Waals surface area (Å²) in [6.45, 7) is 14.9. The lowest BCUT2D eigenvalue weighted by molar-refractivity contribution is -0.0172. The van der Waals surface area contributed by atoms with E-state index < -0.39 is 0 Å². The molecule has 0 radical (unpaired) electrons. The van der Waals surface area contributed by atoms with Gasteiger partial charge in [-0.25, -0.2) is 0 Å². The van der Waals surface area contributed by atoms with Gasteiger partial charge in [0.15, 0.2) is 5.66 Å². The summed E-state index contributed by atoms with van der Waals surface area (Å²) in [7, 11) is 0. The maximum Gasteiger partial charge on any atom is 0.194 e. The molecule has 4 fully saturated rings. The Kier molecular flexibility index (Phi) is 5.67. The van der Waals surface area contributed by atoms with E-state index in [1.165, 1.54) is 51.4 Å². The fraction of sp³-hybridized carbons (Fsp3) is 1.00. The summed E-state index contributed by atoms with van der Waals surface area (Å²) in [6.07, 6.45) is 15.4. The van der Waals surface area contributed by atoms with Crippen LogP contribution in [0.15, 0.2) is 10.2 Å². The Morgan fingerprint density at radius 1 is 1.00 bits per heavy atom. The van der Waals surface area contributed by atoms with E-state index in [-0.39, 0.29) is 17.2 Å². The minimum Gasteiger partial charge on any atom is -0.393 e. The van der Waals surface area contributed by atoms with E-state index >= 15 is 0 Å². The second-order valence-corrected chi connectivity index (χ2v) is 14.2. The largest absolute Gasteiger partial charge is 0.393 e. The highest BCUT2D eigenvalue weighted by Gasteiger charge is 2.74. The zero-order chi connectivity index (χ0) is 22.9. The molecule has 1 heterocycles. The summed E-state index contributed by atoms with van der Waals surface area (Å²) in [6, 6.07) is 0. The molecule has 0 saturated heterocycles. The van der Waals surface area contributed by atoms with Gasteiger partial charge in [-0.15, -0.1) is 0 Å². The lowest BCUT2D eigenvalue weighted by Gasteiger charge is -2.49. The van der Waals surface area contributed by atoms with Crippen molar-refractivity contribution in [2.75, 3.05) is 0 Å². The van der Waals surface area contributed by atoms with E-state index in [0.717, 1.165) is 55.3 Å². The van der Waals surface area contributed by atoms with E-state index in [1.807, 2.05) is 0 Å². The summed E-state index contributed by atoms with van der Waals surface area (Å²) in [4.78, 5) is 0. The number of fused-ring (bicyclic) bond motifs is 2. The van der Waals surface area contributed by atoms with E-state index in [9.17, 15) is 5.11 Å². The van der Waals surface area contributed by atoms with E-state index in [1.54, 1.807) is 0 Å². The van der Waals surface area contributed by atoms with E-state index in [4.69, 9.17) is 10.2 Å². The van der Waals surface area contributed by atoms with Crippen LogP contribution >= 0.6 is 0 Å². The summed E-state index contributed by atoms with van der Waals surface area (Å²) in [5.41, 5.74) is 1.24. The molecule has 5 aliphatic rings. The molecule has 1 aliphatic heterocycles. The zero-order valence-electron chi connectivity index (χ0n) is 21.9. The van der Waals surface area contributed by atoms with Crippen LogP contribution in [-0.4, -0.2) is 16.9 Å². The monoisotopic (exact) mass is 442 g/mol. The van der Waals surface area contributed by atoms with E-state index in [2.05, 4.69) is 41.5 Å². The third-order valence-corrected chi connectivity index (χ3v) is 11.9. The molecule has 4 aliphatic carbocycles. The van der Waals surface area contributed by atoms with Crippen molar-refractivity contribution < 1.29 is 5.11 Å². The van der Waals surface area contributed by atoms with Crippen molar-refractivity contribution >= 4 is 0 Å². The first kappa shape index (κ1) is 23.3. The first-order chi connectivity index (χ1) is 15.1. The Morgan fingerprint density at radius 3 is 2.44 bits per heavy atom. The van der Waals surface area contributed by atoms with Crippen LogP contribution in [0.5, 0.6) is 0 Å². The van der Waals surface area contributed by atoms with Crippen molar-refractivity contribution in [2.45, 2.75) is 130 Å². The summed E-state index contributed by atoms with van der Waals surface area (Å²) in [5.74, 6) is 4.82. The van der Waals surface area contributed by atoms with Gasteiger partial charge in [-0.05, 0) is 104 Å². The average molecular weight is 443 g/mol. The molecule has 8 atom stereocenters. The van der Waals surface area contributed by atoms with Gasteiger partial charge in [-0.1, -0.05) is 60.8 Å². The molecule has 0 amide bonds. The molecule has 0 aromatic heterocycles. The second kappa shape index (κ2) is 7.79. The predicted octanol–water partition coefficient (Wildman–Crippen LogP) is 8.02. The van der Waals surface area contributed by atoms with Crippen molar-refractivity contribution in [1.29, 1.82) is 0 Å². The van der Waals surface area contributed by atoms with Crippen molar-refractivity contribution in [3.05, 3.63) is 0 Å². The molecule has 32 heavy (non-hydrogen) atoms. The summed E-state index contributed by atoms with van der Waals surface area (Å²) >= 11 is 0. The lowest BCUT2D eigenvalue weighted by atomic mass is 9.56. The van der Waals surface area contributed by atoms with Crippen LogP contribution in [0.4, 0.5) is 0 Å². The van der Waals surface area contributed by atoms with Gasteiger partial charge in [0.05, 0.1) is 6.10 Å². The molecule has 5 rings (SSSR count). The topological polar surface area (TPSA) is 45.0 Å². The SMILES string of the molecule is CC(C)CCCC1[C@@H](C)C12CCC1C(CC3([C@H]4C[C@@H](O)CCC4(C)C)N=N3)CCC[C@@]12C. The minimum atomic E-state index is -0.171. The Bertz CT molecular complexity index is 737. The van der Waals surface area contributed by atoms with Crippen LogP contribution in [0, 0.1) is 51.8 Å². The molecule has 3 heteroatoms. The van der Waals surface area contributed by atoms with Gasteiger partial charge in [-0.3, -0.25) is 0 Å². The van der Waals surface area contributed by atoms with Gasteiger partial charge in [0, 0.05) is 5.92 Å². The van der Waals surface area contributed by atoms with Crippen molar-refractivity contribution in [1.82, 2.24) is 0 Å². The molecule has 0 aromatic carbocycles. The first-order valence-electron chi connectivity index (χ1n) is 14.2. The highest BCUT2D eigenvalue weighted by molar-refractivity contribution is 5.22. The molecule has 1 N–H and O–H groups in total. The lowest BCUT2D eigenvalue weighted by Crippen LogP contribution is -2.46. The summed E-state index contributed by atoms with van der Waals surface area (Å²) in [5, 5.41) is 20.0. The van der Waals surface area contributed by atoms with Gasteiger partial charge < -0.3 is 5.11 Å². The maximum atomic E-state index is 10.5. The first-order valence-corrected chi connectivity index (χ1v) is 14.2. The molecule has 4 saturated carbocycles. The number of hydrogen-bond acceptors (Lipinski definition) is 3. The van der Waals surface area contributed by atoms with Crippen molar-refractivity contribution in [3.8, 4) is 0 Å². The van der Waals surface area contributed by atoms with Crippen LogP contribution in [0.25, 0.3) is 0 Å². The maximum absolute atomic E-state index is 10.5. The Hall–Kier alpha value is -0.440. The normalized spacial score (nSPS) is 48.2. The van der Waals surface area contributed by atoms with Gasteiger partial charge >= 0.3 is 0 Å². The second-order valence-electron chi connectivity index (χ2n) is 14.2. The van der Waals surface area contributed by atoms with Crippen LogP contribution in [0.2, 0.25) is 0 Å². The highest BCUT2D eigenvalue weighted by Crippen LogP contribution is 2.80. The predicted molar refractivity (Wildman–Crippen MR) is 131 cm³/mol. The fourth-order valence-corrected chi connectivity index (χ4v) is 10.1. The number of aliphatic hydroxyl groups excluding tert-OH is 1. The van der Waals surface area contributed by atoms with Crippen LogP contribution in [0.3, 0.4) is 0 Å². The molecule has 3 nitrogen and oxygen atoms in total. The highest BCUT2D eigenvalue weighted by atomic mass is 16.3. The van der Waals surface area contributed by atoms with Gasteiger partial charge in [0.1, 0.15) is 0 Å². The van der Waals surface area contributed by atoms with Gasteiger partial charge in [-0.2, -0.15) is 10.2 Å². The summed E-state index contributed by atoms with van der Waals surface area (Å²) < 4.78 is 0.